The number of carbonyl (C=O) groups is 1. The lowest BCUT2D eigenvalue weighted by molar-refractivity contribution is 0.0548. The van der Waals surface area contributed by atoms with Gasteiger partial charge in [-0.3, -0.25) is 9.48 Å². The number of hydrogen-bond acceptors (Lipinski definition) is 3. The maximum atomic E-state index is 13.3. The Hall–Kier alpha value is -2.60. The van der Waals surface area contributed by atoms with Crippen LogP contribution in [0.2, 0.25) is 0 Å². The van der Waals surface area contributed by atoms with Crippen molar-refractivity contribution in [3.05, 3.63) is 48.3 Å². The zero-order valence-corrected chi connectivity index (χ0v) is 16.0. The normalized spacial score (nSPS) is 19.0. The Morgan fingerprint density at radius 1 is 1.04 bits per heavy atom. The summed E-state index contributed by atoms with van der Waals surface area (Å²) in [5.74, 6) is 0.0498. The molecule has 0 unspecified atom stereocenters. The lowest BCUT2D eigenvalue weighted by atomic mass is 10.1. The first-order chi connectivity index (χ1) is 13.7. The molecule has 5 rings (SSSR count). The van der Waals surface area contributed by atoms with Gasteiger partial charge in [0.25, 0.3) is 5.91 Å². The van der Waals surface area contributed by atoms with Crippen LogP contribution in [-0.2, 0) is 0 Å². The number of amides is 1. The average Bonchev–Trinajstić information content (AvgIpc) is 3.46. The summed E-state index contributed by atoms with van der Waals surface area (Å²) < 4.78 is 4.25. The van der Waals surface area contributed by atoms with Crippen molar-refractivity contribution in [3.63, 3.8) is 0 Å². The molecule has 1 saturated carbocycles. The molecular formula is C22H26N4O2. The van der Waals surface area contributed by atoms with Crippen molar-refractivity contribution in [2.75, 3.05) is 13.1 Å². The molecule has 2 aliphatic rings. The molecule has 3 aromatic rings. The minimum Gasteiger partial charge on any atom is -0.393 e. The topological polar surface area (TPSA) is 62.8 Å². The van der Waals surface area contributed by atoms with E-state index >= 15 is 0 Å². The quantitative estimate of drug-likeness (QED) is 0.759. The smallest absolute Gasteiger partial charge is 0.256 e. The van der Waals surface area contributed by atoms with Crippen LogP contribution in [0.4, 0.5) is 0 Å². The summed E-state index contributed by atoms with van der Waals surface area (Å²) in [4.78, 5) is 15.1. The van der Waals surface area contributed by atoms with Crippen molar-refractivity contribution in [2.45, 2.75) is 50.7 Å². The van der Waals surface area contributed by atoms with Crippen LogP contribution >= 0.6 is 0 Å². The molecule has 1 aliphatic carbocycles. The third-order valence-corrected chi connectivity index (χ3v) is 6.26. The summed E-state index contributed by atoms with van der Waals surface area (Å²) in [6, 6.07) is 10.5. The van der Waals surface area contributed by atoms with Crippen molar-refractivity contribution >= 4 is 11.4 Å². The van der Waals surface area contributed by atoms with E-state index < -0.39 is 0 Å². The predicted molar refractivity (Wildman–Crippen MR) is 107 cm³/mol. The SMILES string of the molecule is O=C(c1cc(-c2ccnn2C2CCCC2)n2ccccc12)N1CCC(O)CC1. The molecule has 1 amide bonds. The summed E-state index contributed by atoms with van der Waals surface area (Å²) in [6.07, 6.45) is 9.74. The second-order valence-corrected chi connectivity index (χ2v) is 8.02. The van der Waals surface area contributed by atoms with Crippen molar-refractivity contribution in [1.29, 1.82) is 0 Å². The molecule has 4 heterocycles. The third kappa shape index (κ3) is 2.92. The molecule has 0 radical (unpaired) electrons. The number of rotatable bonds is 3. The molecule has 0 spiro atoms. The summed E-state index contributed by atoms with van der Waals surface area (Å²) in [6.45, 7) is 1.22. The largest absolute Gasteiger partial charge is 0.393 e. The number of aliphatic hydroxyl groups is 1. The first-order valence-corrected chi connectivity index (χ1v) is 10.3. The fourth-order valence-corrected chi connectivity index (χ4v) is 4.72. The Balaban J connectivity index is 1.57. The highest BCUT2D eigenvalue weighted by molar-refractivity contribution is 6.02. The zero-order chi connectivity index (χ0) is 19.1. The van der Waals surface area contributed by atoms with E-state index in [0.717, 1.165) is 22.5 Å². The van der Waals surface area contributed by atoms with E-state index in [2.05, 4.69) is 20.2 Å². The molecular weight excluding hydrogens is 352 g/mol. The number of pyridine rings is 1. The highest BCUT2D eigenvalue weighted by Gasteiger charge is 2.27. The Morgan fingerprint density at radius 2 is 1.82 bits per heavy atom. The average molecular weight is 378 g/mol. The lowest BCUT2D eigenvalue weighted by Gasteiger charge is -2.29. The molecule has 1 N–H and O–H groups in total. The van der Waals surface area contributed by atoms with Crippen LogP contribution in [0.1, 0.15) is 54.9 Å². The molecule has 6 heteroatoms. The predicted octanol–water partition coefficient (Wildman–Crippen LogP) is 3.51. The number of aliphatic hydroxyl groups excluding tert-OH is 1. The van der Waals surface area contributed by atoms with E-state index in [-0.39, 0.29) is 12.0 Å². The number of hydrogen-bond donors (Lipinski definition) is 1. The fourth-order valence-electron chi connectivity index (χ4n) is 4.72. The van der Waals surface area contributed by atoms with Gasteiger partial charge in [0.1, 0.15) is 0 Å². The zero-order valence-electron chi connectivity index (χ0n) is 16.0. The number of fused-ring (bicyclic) bond motifs is 1. The summed E-state index contributed by atoms with van der Waals surface area (Å²) in [7, 11) is 0. The molecule has 28 heavy (non-hydrogen) atoms. The van der Waals surface area contributed by atoms with Gasteiger partial charge in [0.15, 0.2) is 0 Å². The Kier molecular flexibility index (Phi) is 4.43. The van der Waals surface area contributed by atoms with Crippen LogP contribution in [0.3, 0.4) is 0 Å². The highest BCUT2D eigenvalue weighted by atomic mass is 16.3. The number of nitrogens with zero attached hydrogens (tertiary/aromatic N) is 4. The standard InChI is InChI=1S/C22H26N4O2/c27-17-9-13-24(14-10-17)22(28)18-15-21(25-12-4-3-7-19(18)25)20-8-11-23-26(20)16-5-1-2-6-16/h3-4,7-8,11-12,15-17,27H,1-2,5-6,9-10,13-14H2. The van der Waals surface area contributed by atoms with Gasteiger partial charge < -0.3 is 14.4 Å². The van der Waals surface area contributed by atoms with Crippen molar-refractivity contribution in [1.82, 2.24) is 19.1 Å². The van der Waals surface area contributed by atoms with Gasteiger partial charge >= 0.3 is 0 Å². The fraction of sp³-hybridized carbons (Fsp3) is 0.455. The van der Waals surface area contributed by atoms with E-state index in [1.165, 1.54) is 25.7 Å². The van der Waals surface area contributed by atoms with Gasteiger partial charge in [-0.05, 0) is 49.9 Å². The van der Waals surface area contributed by atoms with Gasteiger partial charge in [-0.1, -0.05) is 18.9 Å². The van der Waals surface area contributed by atoms with E-state index in [4.69, 9.17) is 0 Å². The molecule has 0 bridgehead atoms. The van der Waals surface area contributed by atoms with Gasteiger partial charge in [0.2, 0.25) is 0 Å². The molecule has 1 aliphatic heterocycles. The first kappa shape index (κ1) is 17.5. The second-order valence-electron chi connectivity index (χ2n) is 8.02. The van der Waals surface area contributed by atoms with E-state index in [1.54, 1.807) is 0 Å². The third-order valence-electron chi connectivity index (χ3n) is 6.26. The monoisotopic (exact) mass is 378 g/mol. The lowest BCUT2D eigenvalue weighted by Crippen LogP contribution is -2.40. The van der Waals surface area contributed by atoms with Crippen LogP contribution in [0, 0.1) is 0 Å². The summed E-state index contributed by atoms with van der Waals surface area (Å²) >= 11 is 0. The maximum Gasteiger partial charge on any atom is 0.256 e. The summed E-state index contributed by atoms with van der Waals surface area (Å²) in [5.41, 5.74) is 3.74. The van der Waals surface area contributed by atoms with Crippen molar-refractivity contribution < 1.29 is 9.90 Å². The Bertz CT molecular complexity index is 991. The van der Waals surface area contributed by atoms with Gasteiger partial charge in [-0.25, -0.2) is 0 Å². The summed E-state index contributed by atoms with van der Waals surface area (Å²) in [5, 5.41) is 14.4. The Morgan fingerprint density at radius 3 is 2.61 bits per heavy atom. The number of likely N-dealkylation sites (tertiary alicyclic amines) is 1. The molecule has 3 aromatic heterocycles. The van der Waals surface area contributed by atoms with Gasteiger partial charge in [0.05, 0.1) is 34.6 Å². The van der Waals surface area contributed by atoms with Crippen molar-refractivity contribution in [2.24, 2.45) is 0 Å². The van der Waals surface area contributed by atoms with Gasteiger partial charge in [-0.15, -0.1) is 0 Å². The number of piperidine rings is 1. The molecule has 1 saturated heterocycles. The van der Waals surface area contributed by atoms with Crippen LogP contribution in [0.15, 0.2) is 42.7 Å². The minimum absolute atomic E-state index is 0.0498. The molecule has 146 valence electrons. The Labute approximate surface area is 164 Å². The molecule has 2 fully saturated rings. The van der Waals surface area contributed by atoms with Crippen molar-refractivity contribution in [3.8, 4) is 11.4 Å². The van der Waals surface area contributed by atoms with E-state index in [0.29, 0.717) is 32.0 Å². The molecule has 0 atom stereocenters. The van der Waals surface area contributed by atoms with E-state index in [9.17, 15) is 9.90 Å². The number of carbonyl (C=O) groups excluding carboxylic acids is 1. The van der Waals surface area contributed by atoms with Gasteiger partial charge in [0, 0.05) is 25.5 Å². The molecule has 6 nitrogen and oxygen atoms in total. The van der Waals surface area contributed by atoms with Gasteiger partial charge in [-0.2, -0.15) is 5.10 Å². The number of aromatic nitrogens is 3. The van der Waals surface area contributed by atoms with Crippen LogP contribution in [0.25, 0.3) is 16.9 Å². The maximum absolute atomic E-state index is 13.3. The second kappa shape index (κ2) is 7.09. The molecule has 0 aromatic carbocycles. The van der Waals surface area contributed by atoms with E-state index in [1.807, 2.05) is 41.6 Å². The van der Waals surface area contributed by atoms with Crippen LogP contribution in [0.5, 0.6) is 0 Å². The first-order valence-electron chi connectivity index (χ1n) is 10.3. The van der Waals surface area contributed by atoms with Crippen LogP contribution in [-0.4, -0.2) is 49.3 Å². The highest BCUT2D eigenvalue weighted by Crippen LogP contribution is 2.34. The van der Waals surface area contributed by atoms with Crippen LogP contribution < -0.4 is 0 Å². The minimum atomic E-state index is -0.286.